The monoisotopic (exact) mass is 259 g/mol. The van der Waals surface area contributed by atoms with E-state index in [0.717, 1.165) is 5.56 Å². The summed E-state index contributed by atoms with van der Waals surface area (Å²) in [5, 5.41) is 13.9. The van der Waals surface area contributed by atoms with E-state index in [1.165, 1.54) is 11.0 Å². The van der Waals surface area contributed by atoms with Crippen molar-refractivity contribution in [1.82, 2.24) is 25.5 Å². The lowest BCUT2D eigenvalue weighted by Gasteiger charge is -2.18. The molecule has 0 aliphatic rings. The number of nitrogens with zero attached hydrogens (tertiary/aromatic N) is 4. The molecule has 0 spiro atoms. The van der Waals surface area contributed by atoms with E-state index >= 15 is 0 Å². The van der Waals surface area contributed by atoms with Gasteiger partial charge in [0.2, 0.25) is 5.91 Å². The van der Waals surface area contributed by atoms with Gasteiger partial charge in [-0.2, -0.15) is 0 Å². The van der Waals surface area contributed by atoms with Crippen LogP contribution in [0.15, 0.2) is 36.7 Å². The van der Waals surface area contributed by atoms with Crippen LogP contribution in [0.25, 0.3) is 0 Å². The van der Waals surface area contributed by atoms with Gasteiger partial charge in [0.1, 0.15) is 12.4 Å². The van der Waals surface area contributed by atoms with Crippen molar-refractivity contribution in [2.75, 3.05) is 0 Å². The highest BCUT2D eigenvalue weighted by Crippen LogP contribution is 2.13. The average Bonchev–Trinajstić information content (AvgIpc) is 2.90. The predicted octanol–water partition coefficient (Wildman–Crippen LogP) is 0.981. The zero-order chi connectivity index (χ0) is 13.7. The molecule has 1 atom stereocenters. The van der Waals surface area contributed by atoms with Crippen molar-refractivity contribution in [3.63, 3.8) is 0 Å². The molecule has 1 aromatic carbocycles. The van der Waals surface area contributed by atoms with Gasteiger partial charge in [0, 0.05) is 12.5 Å². The standard InChI is InChI=1S/C13H17N5O/c1-10(2)15-13(19)12(18-9-14-16-17-18)8-11-6-4-3-5-7-11/h3-7,9-10,12H,8H2,1-2H3,(H,15,19). The SMILES string of the molecule is CC(C)NC(=O)C(Cc1ccccc1)n1cnnn1. The molecule has 6 nitrogen and oxygen atoms in total. The first-order valence-electron chi connectivity index (χ1n) is 6.23. The van der Waals surface area contributed by atoms with E-state index < -0.39 is 6.04 Å². The molecule has 1 heterocycles. The number of amides is 1. The lowest BCUT2D eigenvalue weighted by atomic mass is 10.1. The molecule has 0 saturated heterocycles. The van der Waals surface area contributed by atoms with Crippen LogP contribution in [0, 0.1) is 0 Å². The summed E-state index contributed by atoms with van der Waals surface area (Å²) in [7, 11) is 0. The molecule has 0 aliphatic heterocycles. The fraction of sp³-hybridized carbons (Fsp3) is 0.385. The molecule has 1 unspecified atom stereocenters. The number of tetrazole rings is 1. The van der Waals surface area contributed by atoms with Gasteiger partial charge >= 0.3 is 0 Å². The van der Waals surface area contributed by atoms with E-state index in [4.69, 9.17) is 0 Å². The second-order valence-electron chi connectivity index (χ2n) is 4.66. The van der Waals surface area contributed by atoms with E-state index in [2.05, 4.69) is 20.8 Å². The summed E-state index contributed by atoms with van der Waals surface area (Å²) in [6, 6.07) is 9.48. The van der Waals surface area contributed by atoms with Gasteiger partial charge in [-0.25, -0.2) is 4.68 Å². The zero-order valence-electron chi connectivity index (χ0n) is 11.0. The number of carbonyl (C=O) groups excluding carboxylic acids is 1. The first kappa shape index (κ1) is 13.2. The van der Waals surface area contributed by atoms with Gasteiger partial charge < -0.3 is 5.32 Å². The molecule has 19 heavy (non-hydrogen) atoms. The zero-order valence-corrected chi connectivity index (χ0v) is 11.0. The quantitative estimate of drug-likeness (QED) is 0.868. The van der Waals surface area contributed by atoms with Crippen LogP contribution < -0.4 is 5.32 Å². The molecule has 0 aliphatic carbocycles. The van der Waals surface area contributed by atoms with Gasteiger partial charge in [-0.3, -0.25) is 4.79 Å². The largest absolute Gasteiger partial charge is 0.352 e. The molecule has 0 radical (unpaired) electrons. The van der Waals surface area contributed by atoms with Crippen molar-refractivity contribution < 1.29 is 4.79 Å². The minimum atomic E-state index is -0.431. The third-order valence-corrected chi connectivity index (χ3v) is 2.69. The van der Waals surface area contributed by atoms with Crippen molar-refractivity contribution in [2.24, 2.45) is 0 Å². The summed E-state index contributed by atoms with van der Waals surface area (Å²) in [5.41, 5.74) is 1.07. The van der Waals surface area contributed by atoms with Gasteiger partial charge in [0.25, 0.3) is 0 Å². The fourth-order valence-electron chi connectivity index (χ4n) is 1.84. The van der Waals surface area contributed by atoms with Crippen molar-refractivity contribution in [3.8, 4) is 0 Å². The van der Waals surface area contributed by atoms with Gasteiger partial charge in [-0.1, -0.05) is 30.3 Å². The smallest absolute Gasteiger partial charge is 0.245 e. The summed E-state index contributed by atoms with van der Waals surface area (Å²) in [6.45, 7) is 3.86. The number of nitrogens with one attached hydrogen (secondary N) is 1. The van der Waals surface area contributed by atoms with Gasteiger partial charge in [0.15, 0.2) is 0 Å². The van der Waals surface area contributed by atoms with Crippen LogP contribution in [0.1, 0.15) is 25.5 Å². The minimum absolute atomic E-state index is 0.0776. The number of hydrogen-bond donors (Lipinski definition) is 1. The fourth-order valence-corrected chi connectivity index (χ4v) is 1.84. The maximum absolute atomic E-state index is 12.2. The molecule has 2 aromatic rings. The van der Waals surface area contributed by atoms with Crippen LogP contribution in [0.4, 0.5) is 0 Å². The van der Waals surface area contributed by atoms with Crippen LogP contribution in [0.2, 0.25) is 0 Å². The first-order chi connectivity index (χ1) is 9.16. The Labute approximate surface area is 111 Å². The average molecular weight is 259 g/mol. The maximum Gasteiger partial charge on any atom is 0.245 e. The topological polar surface area (TPSA) is 72.7 Å². The normalized spacial score (nSPS) is 12.4. The third-order valence-electron chi connectivity index (χ3n) is 2.69. The summed E-state index contributed by atoms with van der Waals surface area (Å²) in [4.78, 5) is 12.2. The molecule has 1 aromatic heterocycles. The first-order valence-corrected chi connectivity index (χ1v) is 6.23. The maximum atomic E-state index is 12.2. The molecular weight excluding hydrogens is 242 g/mol. The highest BCUT2D eigenvalue weighted by molar-refractivity contribution is 5.80. The Morgan fingerprint density at radius 1 is 1.32 bits per heavy atom. The van der Waals surface area contributed by atoms with Crippen LogP contribution >= 0.6 is 0 Å². The predicted molar refractivity (Wildman–Crippen MR) is 70.3 cm³/mol. The Bertz CT molecular complexity index is 509. The Morgan fingerprint density at radius 2 is 2.05 bits per heavy atom. The van der Waals surface area contributed by atoms with E-state index in [0.29, 0.717) is 6.42 Å². The Balaban J connectivity index is 2.18. The molecule has 0 bridgehead atoms. The Hall–Kier alpha value is -2.24. The van der Waals surface area contributed by atoms with Crippen LogP contribution in [0.3, 0.4) is 0 Å². The molecule has 100 valence electrons. The highest BCUT2D eigenvalue weighted by Gasteiger charge is 2.22. The van der Waals surface area contributed by atoms with Crippen molar-refractivity contribution >= 4 is 5.91 Å². The molecular formula is C13H17N5O. The van der Waals surface area contributed by atoms with Crippen molar-refractivity contribution in [3.05, 3.63) is 42.2 Å². The second-order valence-corrected chi connectivity index (χ2v) is 4.66. The van der Waals surface area contributed by atoms with Crippen LogP contribution in [-0.4, -0.2) is 32.2 Å². The highest BCUT2D eigenvalue weighted by atomic mass is 16.2. The van der Waals surface area contributed by atoms with Crippen LogP contribution in [-0.2, 0) is 11.2 Å². The molecule has 0 saturated carbocycles. The molecule has 1 N–H and O–H groups in total. The van der Waals surface area contributed by atoms with Crippen molar-refractivity contribution in [2.45, 2.75) is 32.4 Å². The van der Waals surface area contributed by atoms with Gasteiger partial charge in [-0.15, -0.1) is 5.10 Å². The van der Waals surface area contributed by atoms with E-state index in [1.54, 1.807) is 0 Å². The summed E-state index contributed by atoms with van der Waals surface area (Å²) in [6.07, 6.45) is 2.03. The molecule has 6 heteroatoms. The number of benzene rings is 1. The van der Waals surface area contributed by atoms with E-state index in [-0.39, 0.29) is 11.9 Å². The van der Waals surface area contributed by atoms with Gasteiger partial charge in [0.05, 0.1) is 0 Å². The van der Waals surface area contributed by atoms with E-state index in [9.17, 15) is 4.79 Å². The van der Waals surface area contributed by atoms with Gasteiger partial charge in [-0.05, 0) is 29.8 Å². The molecule has 2 rings (SSSR count). The summed E-state index contributed by atoms with van der Waals surface area (Å²) in [5.74, 6) is -0.0776. The van der Waals surface area contributed by atoms with E-state index in [1.807, 2.05) is 44.2 Å². The number of rotatable bonds is 5. The molecule has 1 amide bonds. The number of hydrogen-bond acceptors (Lipinski definition) is 4. The lowest BCUT2D eigenvalue weighted by molar-refractivity contribution is -0.125. The summed E-state index contributed by atoms with van der Waals surface area (Å²) >= 11 is 0. The second kappa shape index (κ2) is 6.08. The van der Waals surface area contributed by atoms with Crippen molar-refractivity contribution in [1.29, 1.82) is 0 Å². The summed E-state index contributed by atoms with van der Waals surface area (Å²) < 4.78 is 1.49. The number of carbonyl (C=O) groups is 1. The van der Waals surface area contributed by atoms with Crippen LogP contribution in [0.5, 0.6) is 0 Å². The third kappa shape index (κ3) is 3.61. The minimum Gasteiger partial charge on any atom is -0.352 e. The Kier molecular flexibility index (Phi) is 4.22. The number of aromatic nitrogens is 4. The Morgan fingerprint density at radius 3 is 2.63 bits per heavy atom. The molecule has 0 fully saturated rings. The lowest BCUT2D eigenvalue weighted by Crippen LogP contribution is -2.38.